The lowest BCUT2D eigenvalue weighted by Crippen LogP contribution is -2.37. The van der Waals surface area contributed by atoms with Crippen molar-refractivity contribution in [2.75, 3.05) is 40.9 Å². The van der Waals surface area contributed by atoms with Crippen molar-refractivity contribution >= 4 is 43.0 Å². The van der Waals surface area contributed by atoms with Gasteiger partial charge in [0.15, 0.2) is 0 Å². The van der Waals surface area contributed by atoms with E-state index in [-0.39, 0.29) is 10.6 Å². The first-order valence-electron chi connectivity index (χ1n) is 10.8. The molecule has 10 nitrogen and oxygen atoms in total. The Kier molecular flexibility index (Phi) is 8.43. The summed E-state index contributed by atoms with van der Waals surface area (Å²) >= 11 is 0. The first-order valence-corrected chi connectivity index (χ1v) is 14.1. The van der Waals surface area contributed by atoms with Gasteiger partial charge in [-0.1, -0.05) is 12.1 Å². The minimum atomic E-state index is -3.87. The van der Waals surface area contributed by atoms with E-state index in [0.29, 0.717) is 29.5 Å². The Morgan fingerprint density at radius 1 is 0.889 bits per heavy atom. The van der Waals surface area contributed by atoms with E-state index in [2.05, 4.69) is 10.0 Å². The first kappa shape index (κ1) is 26.8. The molecule has 0 radical (unpaired) electrons. The molecule has 0 aliphatic heterocycles. The van der Waals surface area contributed by atoms with Gasteiger partial charge < -0.3 is 14.8 Å². The van der Waals surface area contributed by atoms with Crippen LogP contribution in [0.15, 0.2) is 77.7 Å². The Bertz CT molecular complexity index is 1410. The van der Waals surface area contributed by atoms with Gasteiger partial charge in [0, 0.05) is 11.4 Å². The molecule has 1 amide bonds. The number of hydrogen-bond acceptors (Lipinski definition) is 7. The summed E-state index contributed by atoms with van der Waals surface area (Å²) in [6.07, 6.45) is 0.998. The van der Waals surface area contributed by atoms with E-state index < -0.39 is 32.5 Å². The van der Waals surface area contributed by atoms with Gasteiger partial charge >= 0.3 is 0 Å². The third kappa shape index (κ3) is 6.89. The van der Waals surface area contributed by atoms with Crippen LogP contribution < -0.4 is 23.8 Å². The van der Waals surface area contributed by atoms with Crippen molar-refractivity contribution in [1.82, 2.24) is 0 Å². The van der Waals surface area contributed by atoms with Crippen LogP contribution in [0.2, 0.25) is 0 Å². The van der Waals surface area contributed by atoms with Crippen molar-refractivity contribution in [3.05, 3.63) is 72.8 Å². The number of anilines is 3. The zero-order chi connectivity index (χ0) is 26.3. The van der Waals surface area contributed by atoms with Crippen LogP contribution in [0.1, 0.15) is 6.92 Å². The van der Waals surface area contributed by atoms with E-state index in [0.717, 1.165) is 10.6 Å². The maximum absolute atomic E-state index is 12.7. The number of para-hydroxylation sites is 2. The number of rotatable bonds is 11. The molecule has 3 rings (SSSR count). The van der Waals surface area contributed by atoms with Gasteiger partial charge in [0.05, 0.1) is 30.6 Å². The quantitative estimate of drug-likeness (QED) is 0.387. The predicted molar refractivity (Wildman–Crippen MR) is 139 cm³/mol. The normalized spacial score (nSPS) is 11.4. The van der Waals surface area contributed by atoms with Gasteiger partial charge in [-0.15, -0.1) is 0 Å². The molecule has 3 aromatic carbocycles. The molecule has 0 saturated carbocycles. The van der Waals surface area contributed by atoms with Crippen LogP contribution in [0.5, 0.6) is 11.5 Å². The van der Waals surface area contributed by atoms with E-state index in [1.54, 1.807) is 55.5 Å². The SMILES string of the molecule is CCOc1ccccc1N(CC(=O)Nc1ccc(S(=O)(=O)Nc2ccc(OC)cc2)cc1)S(C)(=O)=O. The van der Waals surface area contributed by atoms with Gasteiger partial charge in [0.1, 0.15) is 18.0 Å². The van der Waals surface area contributed by atoms with Gasteiger partial charge in [-0.25, -0.2) is 16.8 Å². The highest BCUT2D eigenvalue weighted by molar-refractivity contribution is 7.92. The molecule has 0 spiro atoms. The fourth-order valence-electron chi connectivity index (χ4n) is 3.24. The highest BCUT2D eigenvalue weighted by atomic mass is 32.2. The van der Waals surface area contributed by atoms with Crippen LogP contribution in [-0.2, 0) is 24.8 Å². The van der Waals surface area contributed by atoms with Crippen molar-refractivity contribution in [3.8, 4) is 11.5 Å². The fourth-order valence-corrected chi connectivity index (χ4v) is 5.16. The predicted octanol–water partition coefficient (Wildman–Crippen LogP) is 3.30. The van der Waals surface area contributed by atoms with E-state index >= 15 is 0 Å². The van der Waals surface area contributed by atoms with Crippen molar-refractivity contribution in [2.45, 2.75) is 11.8 Å². The maximum Gasteiger partial charge on any atom is 0.261 e. The number of amides is 1. The Morgan fingerprint density at radius 3 is 2.08 bits per heavy atom. The molecule has 36 heavy (non-hydrogen) atoms. The number of benzene rings is 3. The van der Waals surface area contributed by atoms with Crippen LogP contribution in [0.25, 0.3) is 0 Å². The molecule has 0 unspecified atom stereocenters. The summed E-state index contributed by atoms with van der Waals surface area (Å²) in [7, 11) is -6.17. The van der Waals surface area contributed by atoms with Gasteiger partial charge in [0.25, 0.3) is 10.0 Å². The Balaban J connectivity index is 1.72. The van der Waals surface area contributed by atoms with Crippen molar-refractivity contribution in [1.29, 1.82) is 0 Å². The van der Waals surface area contributed by atoms with E-state index in [4.69, 9.17) is 9.47 Å². The van der Waals surface area contributed by atoms with E-state index in [9.17, 15) is 21.6 Å². The fraction of sp³-hybridized carbons (Fsp3) is 0.208. The van der Waals surface area contributed by atoms with Gasteiger partial charge in [-0.2, -0.15) is 0 Å². The Hall–Kier alpha value is -3.77. The maximum atomic E-state index is 12.7. The van der Waals surface area contributed by atoms with Gasteiger partial charge in [0.2, 0.25) is 15.9 Å². The third-order valence-corrected chi connectivity index (χ3v) is 7.44. The molecule has 192 valence electrons. The monoisotopic (exact) mass is 533 g/mol. The molecule has 3 aromatic rings. The van der Waals surface area contributed by atoms with Crippen LogP contribution in [-0.4, -0.2) is 49.3 Å². The summed E-state index contributed by atoms with van der Waals surface area (Å²) in [4.78, 5) is 12.7. The molecule has 0 bridgehead atoms. The highest BCUT2D eigenvalue weighted by Gasteiger charge is 2.24. The third-order valence-electron chi connectivity index (χ3n) is 4.91. The highest BCUT2D eigenvalue weighted by Crippen LogP contribution is 2.30. The minimum absolute atomic E-state index is 0.0141. The zero-order valence-corrected chi connectivity index (χ0v) is 21.6. The molecule has 0 fully saturated rings. The molecular weight excluding hydrogens is 506 g/mol. The number of nitrogens with zero attached hydrogens (tertiary/aromatic N) is 1. The summed E-state index contributed by atoms with van der Waals surface area (Å²) < 4.78 is 64.2. The molecule has 0 saturated heterocycles. The lowest BCUT2D eigenvalue weighted by atomic mass is 10.3. The molecule has 0 heterocycles. The number of hydrogen-bond donors (Lipinski definition) is 2. The van der Waals surface area contributed by atoms with Gasteiger partial charge in [-0.3, -0.25) is 13.8 Å². The lowest BCUT2D eigenvalue weighted by molar-refractivity contribution is -0.114. The number of nitrogens with one attached hydrogen (secondary N) is 2. The van der Waals surface area contributed by atoms with Crippen molar-refractivity contribution in [3.63, 3.8) is 0 Å². The average Bonchev–Trinajstić information content (AvgIpc) is 2.83. The Labute approximate surface area is 211 Å². The topological polar surface area (TPSA) is 131 Å². The van der Waals surface area contributed by atoms with Gasteiger partial charge in [-0.05, 0) is 67.6 Å². The summed E-state index contributed by atoms with van der Waals surface area (Å²) in [6, 6.07) is 18.4. The largest absolute Gasteiger partial charge is 0.497 e. The van der Waals surface area contributed by atoms with Crippen LogP contribution in [0, 0.1) is 0 Å². The number of ether oxygens (including phenoxy) is 2. The molecule has 0 atom stereocenters. The average molecular weight is 534 g/mol. The molecule has 0 aliphatic carbocycles. The second-order valence-electron chi connectivity index (χ2n) is 7.58. The number of carbonyl (C=O) groups excluding carboxylic acids is 1. The van der Waals surface area contributed by atoms with Crippen LogP contribution in [0.3, 0.4) is 0 Å². The molecule has 2 N–H and O–H groups in total. The zero-order valence-electron chi connectivity index (χ0n) is 20.0. The molecule has 0 aliphatic rings. The van der Waals surface area contributed by atoms with Crippen LogP contribution >= 0.6 is 0 Å². The minimum Gasteiger partial charge on any atom is -0.497 e. The standard InChI is InChI=1S/C24H27N3O7S2/c1-4-34-23-8-6-5-7-22(23)27(35(3,29)30)17-24(28)25-18-11-15-21(16-12-18)36(31,32)26-19-9-13-20(33-2)14-10-19/h5-16,26H,4,17H2,1-3H3,(H,25,28). The second kappa shape index (κ2) is 11.3. The summed E-state index contributed by atoms with van der Waals surface area (Å²) in [5.74, 6) is 0.310. The van der Waals surface area contributed by atoms with E-state index in [1.165, 1.54) is 31.4 Å². The molecular formula is C24H27N3O7S2. The Morgan fingerprint density at radius 2 is 1.50 bits per heavy atom. The second-order valence-corrected chi connectivity index (χ2v) is 11.2. The number of methoxy groups -OCH3 is 1. The number of carbonyl (C=O) groups is 1. The summed E-state index contributed by atoms with van der Waals surface area (Å²) in [5, 5.41) is 2.59. The molecule has 12 heteroatoms. The summed E-state index contributed by atoms with van der Waals surface area (Å²) in [5.41, 5.74) is 0.902. The number of sulfonamides is 2. The smallest absolute Gasteiger partial charge is 0.261 e. The van der Waals surface area contributed by atoms with Crippen molar-refractivity contribution in [2.24, 2.45) is 0 Å². The van der Waals surface area contributed by atoms with E-state index in [1.807, 2.05) is 0 Å². The lowest BCUT2D eigenvalue weighted by Gasteiger charge is -2.24. The molecule has 0 aromatic heterocycles. The summed E-state index contributed by atoms with van der Waals surface area (Å²) in [6.45, 7) is 1.59. The first-order chi connectivity index (χ1) is 17.0. The van der Waals surface area contributed by atoms with Crippen molar-refractivity contribution < 1.29 is 31.1 Å². The van der Waals surface area contributed by atoms with Crippen LogP contribution in [0.4, 0.5) is 17.1 Å².